The van der Waals surface area contributed by atoms with Gasteiger partial charge >= 0.3 is 5.97 Å². The summed E-state index contributed by atoms with van der Waals surface area (Å²) in [6.07, 6.45) is 3.35. The van der Waals surface area contributed by atoms with Gasteiger partial charge in [-0.15, -0.1) is 0 Å². The number of rotatable bonds is 2. The smallest absolute Gasteiger partial charge is 0.328 e. The number of esters is 1. The van der Waals surface area contributed by atoms with Crippen LogP contribution < -0.4 is 0 Å². The highest BCUT2D eigenvalue weighted by Crippen LogP contribution is 2.27. The van der Waals surface area contributed by atoms with Gasteiger partial charge in [0, 0.05) is 13.2 Å². The van der Waals surface area contributed by atoms with Crippen molar-refractivity contribution in [3.8, 4) is 0 Å². The molecule has 0 N–H and O–H groups in total. The minimum absolute atomic E-state index is 0.0438. The number of hydrogen-bond donors (Lipinski definition) is 0. The number of ether oxygens (including phenoxy) is 2. The number of carbonyl (C=O) groups is 2. The molecule has 2 aliphatic rings. The van der Waals surface area contributed by atoms with Gasteiger partial charge in [-0.3, -0.25) is 4.79 Å². The van der Waals surface area contributed by atoms with Gasteiger partial charge < -0.3 is 14.4 Å². The maximum absolute atomic E-state index is 12.5. The van der Waals surface area contributed by atoms with Crippen molar-refractivity contribution in [2.75, 3.05) is 20.3 Å². The topological polar surface area (TPSA) is 55.8 Å². The second-order valence-electron chi connectivity index (χ2n) is 5.04. The molecule has 2 fully saturated rings. The lowest BCUT2D eigenvalue weighted by molar-refractivity contribution is -0.157. The van der Waals surface area contributed by atoms with Crippen LogP contribution in [-0.4, -0.2) is 49.2 Å². The van der Waals surface area contributed by atoms with Gasteiger partial charge in [0.05, 0.1) is 19.1 Å². The standard InChI is InChI=1S/C13H21NO4/c1-9-10(6-8-18-9)12(15)14-7-4-3-5-11(14)13(16)17-2/h9-11H,3-8H2,1-2H3. The van der Waals surface area contributed by atoms with Crippen molar-refractivity contribution in [2.24, 2.45) is 5.92 Å². The highest BCUT2D eigenvalue weighted by atomic mass is 16.5. The Morgan fingerprint density at radius 3 is 2.67 bits per heavy atom. The fourth-order valence-corrected chi connectivity index (χ4v) is 2.85. The summed E-state index contributed by atoms with van der Waals surface area (Å²) in [5.74, 6) is -0.347. The highest BCUT2D eigenvalue weighted by molar-refractivity contribution is 5.86. The van der Waals surface area contributed by atoms with Crippen molar-refractivity contribution in [2.45, 2.75) is 44.8 Å². The van der Waals surface area contributed by atoms with Crippen LogP contribution >= 0.6 is 0 Å². The summed E-state index contributed by atoms with van der Waals surface area (Å²) in [5, 5.41) is 0. The molecule has 102 valence electrons. The van der Waals surface area contributed by atoms with Crippen molar-refractivity contribution in [3.05, 3.63) is 0 Å². The van der Waals surface area contributed by atoms with Gasteiger partial charge in [-0.25, -0.2) is 4.79 Å². The molecule has 0 aliphatic carbocycles. The first-order chi connectivity index (χ1) is 8.65. The summed E-state index contributed by atoms with van der Waals surface area (Å²) in [7, 11) is 1.38. The van der Waals surface area contributed by atoms with Crippen LogP contribution in [0.3, 0.4) is 0 Å². The molecule has 18 heavy (non-hydrogen) atoms. The zero-order valence-corrected chi connectivity index (χ0v) is 11.1. The largest absolute Gasteiger partial charge is 0.467 e. The number of nitrogens with zero attached hydrogens (tertiary/aromatic N) is 1. The molecule has 0 radical (unpaired) electrons. The highest BCUT2D eigenvalue weighted by Gasteiger charge is 2.39. The second kappa shape index (κ2) is 5.69. The summed E-state index contributed by atoms with van der Waals surface area (Å²) >= 11 is 0. The van der Waals surface area contributed by atoms with Crippen LogP contribution in [0.1, 0.15) is 32.6 Å². The summed E-state index contributed by atoms with van der Waals surface area (Å²) < 4.78 is 10.2. The average Bonchev–Trinajstić information content (AvgIpc) is 2.83. The van der Waals surface area contributed by atoms with E-state index in [4.69, 9.17) is 9.47 Å². The Hall–Kier alpha value is -1.10. The van der Waals surface area contributed by atoms with E-state index in [9.17, 15) is 9.59 Å². The molecule has 5 nitrogen and oxygen atoms in total. The Morgan fingerprint density at radius 1 is 1.28 bits per heavy atom. The maximum atomic E-state index is 12.5. The average molecular weight is 255 g/mol. The van der Waals surface area contributed by atoms with E-state index in [1.165, 1.54) is 7.11 Å². The number of piperidine rings is 1. The van der Waals surface area contributed by atoms with Crippen LogP contribution in [0.2, 0.25) is 0 Å². The van der Waals surface area contributed by atoms with E-state index in [1.807, 2.05) is 6.92 Å². The molecule has 2 saturated heterocycles. The molecule has 5 heteroatoms. The van der Waals surface area contributed by atoms with Gasteiger partial charge in [0.2, 0.25) is 5.91 Å². The quantitative estimate of drug-likeness (QED) is 0.690. The molecule has 0 aromatic heterocycles. The molecule has 1 amide bonds. The van der Waals surface area contributed by atoms with Gasteiger partial charge in [-0.2, -0.15) is 0 Å². The third kappa shape index (κ3) is 2.51. The van der Waals surface area contributed by atoms with Crippen LogP contribution in [-0.2, 0) is 19.1 Å². The van der Waals surface area contributed by atoms with E-state index in [2.05, 4.69) is 0 Å². The Kier molecular flexibility index (Phi) is 4.22. The van der Waals surface area contributed by atoms with E-state index in [1.54, 1.807) is 4.90 Å². The normalized spacial score (nSPS) is 32.3. The first kappa shape index (κ1) is 13.3. The van der Waals surface area contributed by atoms with E-state index in [0.717, 1.165) is 19.3 Å². The lowest BCUT2D eigenvalue weighted by atomic mass is 9.96. The van der Waals surface area contributed by atoms with Crippen LogP contribution in [0.5, 0.6) is 0 Å². The van der Waals surface area contributed by atoms with Gasteiger partial charge in [0.15, 0.2) is 0 Å². The molecule has 3 atom stereocenters. The second-order valence-corrected chi connectivity index (χ2v) is 5.04. The molecule has 0 bridgehead atoms. The molecular formula is C13H21NO4. The molecule has 3 unspecified atom stereocenters. The molecule has 2 aliphatic heterocycles. The van der Waals surface area contributed by atoms with Crippen LogP contribution in [0.15, 0.2) is 0 Å². The van der Waals surface area contributed by atoms with Gasteiger partial charge in [-0.1, -0.05) is 0 Å². The number of hydrogen-bond acceptors (Lipinski definition) is 4. The fraction of sp³-hybridized carbons (Fsp3) is 0.846. The molecular weight excluding hydrogens is 234 g/mol. The van der Waals surface area contributed by atoms with Crippen molar-refractivity contribution in [3.63, 3.8) is 0 Å². The van der Waals surface area contributed by atoms with Crippen molar-refractivity contribution in [1.82, 2.24) is 4.90 Å². The number of carbonyl (C=O) groups excluding carboxylic acids is 2. The minimum Gasteiger partial charge on any atom is -0.467 e. The van der Waals surface area contributed by atoms with Crippen LogP contribution in [0.25, 0.3) is 0 Å². The minimum atomic E-state index is -0.399. The number of likely N-dealkylation sites (tertiary alicyclic amines) is 1. The van der Waals surface area contributed by atoms with Gasteiger partial charge in [-0.05, 0) is 32.6 Å². The van der Waals surface area contributed by atoms with Gasteiger partial charge in [0.25, 0.3) is 0 Å². The van der Waals surface area contributed by atoms with E-state index < -0.39 is 6.04 Å². The third-order valence-electron chi connectivity index (χ3n) is 3.95. The number of amides is 1. The van der Waals surface area contributed by atoms with Crippen LogP contribution in [0, 0.1) is 5.92 Å². The Morgan fingerprint density at radius 2 is 2.06 bits per heavy atom. The van der Waals surface area contributed by atoms with E-state index in [-0.39, 0.29) is 23.9 Å². The molecule has 0 saturated carbocycles. The van der Waals surface area contributed by atoms with E-state index in [0.29, 0.717) is 19.6 Å². The Bertz CT molecular complexity index is 331. The molecule has 0 aromatic carbocycles. The first-order valence-electron chi connectivity index (χ1n) is 6.65. The maximum Gasteiger partial charge on any atom is 0.328 e. The molecule has 0 aromatic rings. The van der Waals surface area contributed by atoms with Crippen LogP contribution in [0.4, 0.5) is 0 Å². The predicted octanol–water partition coefficient (Wildman–Crippen LogP) is 0.965. The lowest BCUT2D eigenvalue weighted by Crippen LogP contribution is -2.51. The fourth-order valence-electron chi connectivity index (χ4n) is 2.85. The van der Waals surface area contributed by atoms with E-state index >= 15 is 0 Å². The number of methoxy groups -OCH3 is 1. The van der Waals surface area contributed by atoms with Crippen molar-refractivity contribution in [1.29, 1.82) is 0 Å². The first-order valence-corrected chi connectivity index (χ1v) is 6.65. The summed E-state index contributed by atoms with van der Waals surface area (Å²) in [6, 6.07) is -0.399. The zero-order valence-electron chi connectivity index (χ0n) is 11.1. The molecule has 2 rings (SSSR count). The summed E-state index contributed by atoms with van der Waals surface area (Å²) in [4.78, 5) is 25.9. The monoisotopic (exact) mass is 255 g/mol. The molecule has 0 spiro atoms. The lowest BCUT2D eigenvalue weighted by Gasteiger charge is -2.35. The third-order valence-corrected chi connectivity index (χ3v) is 3.95. The van der Waals surface area contributed by atoms with Crippen molar-refractivity contribution < 1.29 is 19.1 Å². The molecule has 2 heterocycles. The zero-order chi connectivity index (χ0) is 13.1. The Labute approximate surface area is 107 Å². The SMILES string of the molecule is COC(=O)C1CCCCN1C(=O)C1CCOC1C. The summed E-state index contributed by atoms with van der Waals surface area (Å²) in [5.41, 5.74) is 0. The summed E-state index contributed by atoms with van der Waals surface area (Å²) in [6.45, 7) is 3.21. The van der Waals surface area contributed by atoms with Gasteiger partial charge in [0.1, 0.15) is 6.04 Å². The predicted molar refractivity (Wildman–Crippen MR) is 64.9 cm³/mol. The van der Waals surface area contributed by atoms with Crippen molar-refractivity contribution >= 4 is 11.9 Å². The Balaban J connectivity index is 2.08.